The Morgan fingerprint density at radius 3 is 2.62 bits per heavy atom. The van der Waals surface area contributed by atoms with E-state index < -0.39 is 0 Å². The van der Waals surface area contributed by atoms with E-state index in [9.17, 15) is 4.79 Å². The molecule has 16 heavy (non-hydrogen) atoms. The number of piperidine rings is 1. The predicted molar refractivity (Wildman–Crippen MR) is 62.0 cm³/mol. The second-order valence-electron chi connectivity index (χ2n) is 6.02. The molecule has 0 bridgehead atoms. The van der Waals surface area contributed by atoms with Crippen LogP contribution >= 0.6 is 0 Å². The molecule has 0 radical (unpaired) electrons. The Morgan fingerprint density at radius 2 is 2.06 bits per heavy atom. The Hall–Kier alpha value is -0.610. The average molecular weight is 226 g/mol. The van der Waals surface area contributed by atoms with Gasteiger partial charge in [-0.15, -0.1) is 0 Å². The number of ether oxygens (including phenoxy) is 1. The maximum absolute atomic E-state index is 11.6. The van der Waals surface area contributed by atoms with Gasteiger partial charge in [-0.25, -0.2) is 4.90 Å². The third kappa shape index (κ3) is 1.96. The zero-order valence-electron chi connectivity index (χ0n) is 10.7. The lowest BCUT2D eigenvalue weighted by molar-refractivity contribution is -0.170. The largest absolute Gasteiger partial charge is 0.441 e. The van der Waals surface area contributed by atoms with Crippen LogP contribution in [0.1, 0.15) is 33.6 Å². The minimum Gasteiger partial charge on any atom is -0.441 e. The number of hydrogen-bond donors (Lipinski definition) is 0. The van der Waals surface area contributed by atoms with Crippen LogP contribution in [0.3, 0.4) is 0 Å². The maximum atomic E-state index is 11.6. The molecule has 2 fully saturated rings. The fraction of sp³-hybridized carbons (Fsp3) is 0.917. The van der Waals surface area contributed by atoms with Gasteiger partial charge in [0, 0.05) is 12.0 Å². The van der Waals surface area contributed by atoms with E-state index in [-0.39, 0.29) is 17.2 Å². The van der Waals surface area contributed by atoms with Gasteiger partial charge >= 0.3 is 5.97 Å². The maximum Gasteiger partial charge on any atom is 0.322 e. The highest BCUT2D eigenvalue weighted by Crippen LogP contribution is 2.37. The van der Waals surface area contributed by atoms with Crippen LogP contribution in [0, 0.1) is 0 Å². The van der Waals surface area contributed by atoms with Crippen LogP contribution in [0.25, 0.3) is 0 Å². The highest BCUT2D eigenvalue weighted by Gasteiger charge is 2.52. The molecule has 4 heteroatoms. The molecule has 4 nitrogen and oxygen atoms in total. The highest BCUT2D eigenvalue weighted by molar-refractivity contribution is 5.74. The highest BCUT2D eigenvalue weighted by atomic mass is 16.6. The third-order valence-corrected chi connectivity index (χ3v) is 3.52. The van der Waals surface area contributed by atoms with Gasteiger partial charge in [0.05, 0.1) is 6.54 Å². The van der Waals surface area contributed by atoms with E-state index >= 15 is 0 Å². The van der Waals surface area contributed by atoms with Gasteiger partial charge in [0.25, 0.3) is 0 Å². The molecule has 0 aromatic rings. The number of esters is 1. The molecule has 2 rings (SSSR count). The SMILES string of the molecule is CN1CCCC2(C1)OC(=O)CN2C(C)(C)C. The first-order valence-corrected chi connectivity index (χ1v) is 6.02. The average Bonchev–Trinajstić information content (AvgIpc) is 2.41. The van der Waals surface area contributed by atoms with Crippen LogP contribution in [-0.2, 0) is 9.53 Å². The van der Waals surface area contributed by atoms with Crippen molar-refractivity contribution in [2.24, 2.45) is 0 Å². The summed E-state index contributed by atoms with van der Waals surface area (Å²) in [6.45, 7) is 8.78. The van der Waals surface area contributed by atoms with Gasteiger partial charge in [0.2, 0.25) is 0 Å². The summed E-state index contributed by atoms with van der Waals surface area (Å²) in [5.41, 5.74) is -0.396. The minimum absolute atomic E-state index is 0.0235. The van der Waals surface area contributed by atoms with E-state index in [1.807, 2.05) is 0 Å². The zero-order valence-corrected chi connectivity index (χ0v) is 10.7. The predicted octanol–water partition coefficient (Wildman–Crippen LogP) is 1.07. The fourth-order valence-electron chi connectivity index (χ4n) is 2.93. The van der Waals surface area contributed by atoms with Gasteiger partial charge in [0.1, 0.15) is 6.54 Å². The van der Waals surface area contributed by atoms with E-state index in [4.69, 9.17) is 4.74 Å². The Kier molecular flexibility index (Phi) is 2.75. The molecule has 1 unspecified atom stereocenters. The van der Waals surface area contributed by atoms with Crippen molar-refractivity contribution in [3.8, 4) is 0 Å². The van der Waals surface area contributed by atoms with Crippen molar-refractivity contribution in [2.45, 2.75) is 44.9 Å². The Labute approximate surface area is 97.5 Å². The van der Waals surface area contributed by atoms with Crippen molar-refractivity contribution in [3.05, 3.63) is 0 Å². The van der Waals surface area contributed by atoms with E-state index in [2.05, 4.69) is 37.6 Å². The zero-order chi connectivity index (χ0) is 12.0. The molecule has 2 aliphatic heterocycles. The summed E-state index contributed by atoms with van der Waals surface area (Å²) in [6, 6.07) is 0. The van der Waals surface area contributed by atoms with E-state index in [1.165, 1.54) is 0 Å². The molecular formula is C12H22N2O2. The Morgan fingerprint density at radius 1 is 1.38 bits per heavy atom. The summed E-state index contributed by atoms with van der Waals surface area (Å²) >= 11 is 0. The number of hydrogen-bond acceptors (Lipinski definition) is 4. The van der Waals surface area contributed by atoms with Crippen molar-refractivity contribution in [1.29, 1.82) is 0 Å². The van der Waals surface area contributed by atoms with Crippen LogP contribution in [-0.4, -0.2) is 53.7 Å². The van der Waals surface area contributed by atoms with Gasteiger partial charge in [-0.3, -0.25) is 4.79 Å². The molecule has 0 aromatic heterocycles. The summed E-state index contributed by atoms with van der Waals surface area (Å²) in [6.07, 6.45) is 2.05. The number of rotatable bonds is 0. The lowest BCUT2D eigenvalue weighted by Crippen LogP contribution is -2.60. The van der Waals surface area contributed by atoms with Crippen LogP contribution in [0.2, 0.25) is 0 Å². The summed E-state index contributed by atoms with van der Waals surface area (Å²) in [7, 11) is 2.09. The molecule has 0 aliphatic carbocycles. The van der Waals surface area contributed by atoms with Gasteiger partial charge < -0.3 is 9.64 Å². The molecule has 1 spiro atoms. The van der Waals surface area contributed by atoms with E-state index in [0.29, 0.717) is 6.54 Å². The number of likely N-dealkylation sites (N-methyl/N-ethyl adjacent to an activating group) is 1. The van der Waals surface area contributed by atoms with E-state index in [1.54, 1.807) is 0 Å². The molecule has 0 amide bonds. The van der Waals surface area contributed by atoms with Crippen molar-refractivity contribution in [3.63, 3.8) is 0 Å². The first-order chi connectivity index (χ1) is 7.33. The summed E-state index contributed by atoms with van der Waals surface area (Å²) in [5, 5.41) is 0. The van der Waals surface area contributed by atoms with Crippen molar-refractivity contribution >= 4 is 5.97 Å². The van der Waals surface area contributed by atoms with Crippen LogP contribution in [0.5, 0.6) is 0 Å². The first-order valence-electron chi connectivity index (χ1n) is 6.02. The summed E-state index contributed by atoms with van der Waals surface area (Å²) in [4.78, 5) is 16.1. The Balaban J connectivity index is 2.26. The van der Waals surface area contributed by atoms with Crippen molar-refractivity contribution < 1.29 is 9.53 Å². The second kappa shape index (κ2) is 3.70. The molecule has 2 aliphatic rings. The normalized spacial score (nSPS) is 33.4. The standard InChI is InChI=1S/C12H22N2O2/c1-11(2,3)14-8-10(15)16-12(14)6-5-7-13(4)9-12/h5-9H2,1-4H3. The molecule has 2 saturated heterocycles. The summed E-state index contributed by atoms with van der Waals surface area (Å²) < 4.78 is 5.64. The van der Waals surface area contributed by atoms with Crippen LogP contribution < -0.4 is 0 Å². The summed E-state index contributed by atoms with van der Waals surface area (Å²) in [5.74, 6) is -0.0785. The number of carbonyl (C=O) groups is 1. The van der Waals surface area contributed by atoms with Gasteiger partial charge in [0.15, 0.2) is 5.72 Å². The van der Waals surface area contributed by atoms with Gasteiger partial charge in [-0.2, -0.15) is 0 Å². The molecule has 0 N–H and O–H groups in total. The van der Waals surface area contributed by atoms with Crippen molar-refractivity contribution in [1.82, 2.24) is 9.80 Å². The third-order valence-electron chi connectivity index (χ3n) is 3.52. The molecule has 2 heterocycles. The van der Waals surface area contributed by atoms with Gasteiger partial charge in [-0.1, -0.05) is 0 Å². The number of carbonyl (C=O) groups excluding carboxylic acids is 1. The molecule has 0 saturated carbocycles. The number of likely N-dealkylation sites (tertiary alicyclic amines) is 1. The van der Waals surface area contributed by atoms with Crippen LogP contribution in [0.15, 0.2) is 0 Å². The van der Waals surface area contributed by atoms with Gasteiger partial charge in [-0.05, 0) is 40.8 Å². The van der Waals surface area contributed by atoms with Crippen molar-refractivity contribution in [2.75, 3.05) is 26.7 Å². The van der Waals surface area contributed by atoms with E-state index in [0.717, 1.165) is 25.9 Å². The molecule has 0 aromatic carbocycles. The lowest BCUT2D eigenvalue weighted by atomic mass is 9.95. The minimum atomic E-state index is -0.373. The fourth-order valence-corrected chi connectivity index (χ4v) is 2.93. The number of nitrogens with zero attached hydrogens (tertiary/aromatic N) is 2. The van der Waals surface area contributed by atoms with Crippen LogP contribution in [0.4, 0.5) is 0 Å². The monoisotopic (exact) mass is 226 g/mol. The molecule has 1 atom stereocenters. The molecular weight excluding hydrogens is 204 g/mol. The molecule has 92 valence electrons. The lowest BCUT2D eigenvalue weighted by Gasteiger charge is -2.47. The second-order valence-corrected chi connectivity index (χ2v) is 6.02. The smallest absolute Gasteiger partial charge is 0.322 e. The Bertz CT molecular complexity index is 298. The first kappa shape index (κ1) is 11.9. The quantitative estimate of drug-likeness (QED) is 0.578. The topological polar surface area (TPSA) is 32.8 Å².